The number of esters is 1. The van der Waals surface area contributed by atoms with Gasteiger partial charge in [0.2, 0.25) is 0 Å². The molecule has 0 unspecified atom stereocenters. The van der Waals surface area contributed by atoms with Gasteiger partial charge in [-0.05, 0) is 139 Å². The Bertz CT molecular complexity index is 1230. The van der Waals surface area contributed by atoms with Crippen LogP contribution in [0.2, 0.25) is 0 Å². The summed E-state index contributed by atoms with van der Waals surface area (Å²) in [6.45, 7) is 6.28. The monoisotopic (exact) mass is 592 g/mol. The third kappa shape index (κ3) is 4.50. The van der Waals surface area contributed by atoms with Gasteiger partial charge >= 0.3 is 5.97 Å². The molecule has 0 saturated heterocycles. The van der Waals surface area contributed by atoms with Crippen molar-refractivity contribution in [3.63, 3.8) is 0 Å². The van der Waals surface area contributed by atoms with E-state index >= 15 is 0 Å². The van der Waals surface area contributed by atoms with Crippen molar-refractivity contribution in [1.29, 1.82) is 0 Å². The van der Waals surface area contributed by atoms with Crippen LogP contribution in [0.5, 0.6) is 5.75 Å². The van der Waals surface area contributed by atoms with Crippen LogP contribution in [-0.2, 0) is 9.53 Å². The number of halogens is 1. The predicted molar refractivity (Wildman–Crippen MR) is 157 cm³/mol. The molecule has 4 aliphatic carbocycles. The third-order valence-corrected chi connectivity index (χ3v) is 15.4. The summed E-state index contributed by atoms with van der Waals surface area (Å²) in [5, 5.41) is 0. The van der Waals surface area contributed by atoms with Crippen LogP contribution in [-0.4, -0.2) is 18.2 Å². The molecule has 5 heteroatoms. The van der Waals surface area contributed by atoms with Gasteiger partial charge in [0.05, 0.1) is 0 Å². The second kappa shape index (κ2) is 10.1. The van der Waals surface area contributed by atoms with E-state index in [1.165, 1.54) is 46.8 Å². The Morgan fingerprint density at radius 2 is 1.29 bits per heavy atom. The molecule has 3 nitrogen and oxygen atoms in total. The fourth-order valence-electron chi connectivity index (χ4n) is 7.62. The Morgan fingerprint density at radius 1 is 0.816 bits per heavy atom. The lowest BCUT2D eigenvalue weighted by Crippen LogP contribution is -2.58. The van der Waals surface area contributed by atoms with E-state index < -0.39 is 8.46 Å². The van der Waals surface area contributed by atoms with Gasteiger partial charge < -0.3 is 9.47 Å². The summed E-state index contributed by atoms with van der Waals surface area (Å²) in [5.41, 5.74) is 1.72. The van der Waals surface area contributed by atoms with Crippen LogP contribution < -0.4 is 4.74 Å². The van der Waals surface area contributed by atoms with Gasteiger partial charge in [0, 0.05) is 14.7 Å². The second-order valence-corrected chi connectivity index (χ2v) is 17.2. The minimum absolute atomic E-state index is 0.0490. The first kappa shape index (κ1) is 26.0. The van der Waals surface area contributed by atoms with E-state index in [2.05, 4.69) is 108 Å². The van der Waals surface area contributed by atoms with Gasteiger partial charge in [-0.1, -0.05) is 36.4 Å². The Balaban J connectivity index is 1.22. The average molecular weight is 594 g/mol. The molecule has 0 atom stereocenters. The molecule has 4 saturated carbocycles. The number of ether oxygens (including phenoxy) is 2. The minimum atomic E-state index is -1.64. The summed E-state index contributed by atoms with van der Waals surface area (Å²) in [6, 6.07) is 25.6. The SMILES string of the molecule is Cc1cc(S(Br)(c2ccccc2)c2ccccc2)cc(C)c1OCC(=O)OC1(C)C2CC3CC(C2)CC1C3. The van der Waals surface area contributed by atoms with E-state index in [0.29, 0.717) is 11.8 Å². The second-order valence-electron chi connectivity index (χ2n) is 11.8. The minimum Gasteiger partial charge on any atom is -0.481 e. The Hall–Kier alpha value is -2.24. The first-order valence-electron chi connectivity index (χ1n) is 13.9. The number of aryl methyl sites for hydroxylation is 2. The molecule has 3 aromatic rings. The Morgan fingerprint density at radius 3 is 1.76 bits per heavy atom. The van der Waals surface area contributed by atoms with Crippen LogP contribution in [0.15, 0.2) is 87.5 Å². The highest BCUT2D eigenvalue weighted by Crippen LogP contribution is 2.74. The fourth-order valence-corrected chi connectivity index (χ4v) is 12.0. The van der Waals surface area contributed by atoms with Crippen molar-refractivity contribution in [1.82, 2.24) is 0 Å². The molecule has 0 heterocycles. The van der Waals surface area contributed by atoms with Crippen LogP contribution in [0.4, 0.5) is 0 Å². The number of benzene rings is 3. The quantitative estimate of drug-likeness (QED) is 0.257. The summed E-state index contributed by atoms with van der Waals surface area (Å²) in [5.74, 6) is 3.25. The zero-order chi connectivity index (χ0) is 26.5. The zero-order valence-corrected chi connectivity index (χ0v) is 24.9. The Kier molecular flexibility index (Phi) is 6.88. The molecule has 200 valence electrons. The molecule has 0 radical (unpaired) electrons. The van der Waals surface area contributed by atoms with Crippen molar-refractivity contribution in [2.45, 2.75) is 73.2 Å². The molecule has 0 amide bonds. The highest BCUT2D eigenvalue weighted by molar-refractivity contribution is 9.58. The highest BCUT2D eigenvalue weighted by atomic mass is 79.9. The van der Waals surface area contributed by atoms with Crippen molar-refractivity contribution in [2.24, 2.45) is 23.7 Å². The van der Waals surface area contributed by atoms with E-state index in [1.807, 2.05) is 0 Å². The van der Waals surface area contributed by atoms with Gasteiger partial charge in [0.1, 0.15) is 11.4 Å². The maximum absolute atomic E-state index is 13.1. The van der Waals surface area contributed by atoms with E-state index in [4.69, 9.17) is 9.47 Å². The van der Waals surface area contributed by atoms with Gasteiger partial charge in [-0.15, -0.1) is 8.46 Å². The molecule has 7 rings (SSSR count). The van der Waals surface area contributed by atoms with Gasteiger partial charge in [-0.2, -0.15) is 0 Å². The number of hydrogen-bond donors (Lipinski definition) is 0. The number of rotatable bonds is 7. The van der Waals surface area contributed by atoms with Crippen LogP contribution in [0.25, 0.3) is 0 Å². The normalized spacial score (nSPS) is 28.2. The third-order valence-electron chi connectivity index (χ3n) is 9.32. The van der Waals surface area contributed by atoms with E-state index in [9.17, 15) is 4.79 Å². The summed E-state index contributed by atoms with van der Waals surface area (Å²) in [4.78, 5) is 16.8. The van der Waals surface area contributed by atoms with E-state index in [0.717, 1.165) is 28.7 Å². The molecule has 3 aromatic carbocycles. The van der Waals surface area contributed by atoms with Crippen LogP contribution in [0, 0.1) is 37.5 Å². The molecule has 0 aliphatic heterocycles. The van der Waals surface area contributed by atoms with Gasteiger partial charge in [0.25, 0.3) is 0 Å². The molecule has 0 aromatic heterocycles. The van der Waals surface area contributed by atoms with Crippen LogP contribution >= 0.6 is 23.3 Å². The lowest BCUT2D eigenvalue weighted by atomic mass is 9.50. The first-order valence-corrected chi connectivity index (χ1v) is 17.3. The fraction of sp³-hybridized carbons (Fsp3) is 0.424. The number of hydrogen-bond acceptors (Lipinski definition) is 3. The molecule has 4 bridgehead atoms. The van der Waals surface area contributed by atoms with Crippen molar-refractivity contribution in [3.8, 4) is 5.75 Å². The molecule has 0 spiro atoms. The van der Waals surface area contributed by atoms with Crippen LogP contribution in [0.1, 0.15) is 50.2 Å². The van der Waals surface area contributed by atoms with Crippen molar-refractivity contribution in [3.05, 3.63) is 83.9 Å². The van der Waals surface area contributed by atoms with Gasteiger partial charge in [0.15, 0.2) is 6.61 Å². The Labute approximate surface area is 235 Å². The summed E-state index contributed by atoms with van der Waals surface area (Å²) < 4.78 is 12.4. The molecular formula is C33H37BrO3S. The standard InChI is InChI=1S/C33H37BrO3S/c1-22-14-30(38(34,28-10-6-4-7-11-28)29-12-8-5-9-13-29)15-23(2)32(22)36-21-31(35)37-33(3)26-17-24-16-25(19-26)20-27(33)18-24/h4-15,24-27H,16-21H2,1-3H3. The maximum atomic E-state index is 13.1. The molecule has 4 aliphatic rings. The van der Waals surface area contributed by atoms with Crippen molar-refractivity contribution < 1.29 is 14.3 Å². The molecular weight excluding hydrogens is 556 g/mol. The maximum Gasteiger partial charge on any atom is 0.344 e. The van der Waals surface area contributed by atoms with Crippen molar-refractivity contribution >= 4 is 29.2 Å². The topological polar surface area (TPSA) is 35.5 Å². The summed E-state index contributed by atoms with van der Waals surface area (Å²) >= 11 is 4.23. The van der Waals surface area contributed by atoms with E-state index in [-0.39, 0.29) is 18.2 Å². The highest BCUT2D eigenvalue weighted by Gasteiger charge is 2.57. The zero-order valence-electron chi connectivity index (χ0n) is 22.5. The lowest BCUT2D eigenvalue weighted by Gasteiger charge is -2.59. The summed E-state index contributed by atoms with van der Waals surface area (Å²) in [6.07, 6.45) is 6.27. The largest absolute Gasteiger partial charge is 0.481 e. The first-order chi connectivity index (χ1) is 18.3. The van der Waals surface area contributed by atoms with E-state index in [1.54, 1.807) is 0 Å². The molecule has 4 fully saturated rings. The number of carbonyl (C=O) groups excluding carboxylic acids is 1. The predicted octanol–water partition coefficient (Wildman–Crippen LogP) is 9.03. The van der Waals surface area contributed by atoms with Gasteiger partial charge in [-0.3, -0.25) is 0 Å². The van der Waals surface area contributed by atoms with Gasteiger partial charge in [-0.25, -0.2) is 4.79 Å². The smallest absolute Gasteiger partial charge is 0.344 e. The van der Waals surface area contributed by atoms with Crippen LogP contribution in [0.3, 0.4) is 0 Å². The average Bonchev–Trinajstić information content (AvgIpc) is 2.91. The molecule has 38 heavy (non-hydrogen) atoms. The number of carbonyl (C=O) groups is 1. The van der Waals surface area contributed by atoms with Crippen molar-refractivity contribution in [2.75, 3.05) is 6.61 Å². The molecule has 0 N–H and O–H groups in total. The summed E-state index contributed by atoms with van der Waals surface area (Å²) in [7, 11) is -1.64. The lowest BCUT2D eigenvalue weighted by molar-refractivity contribution is -0.204.